The third-order valence-electron chi connectivity index (χ3n) is 4.65. The largest absolute Gasteiger partial charge is 0.334 e. The van der Waals surface area contributed by atoms with Crippen molar-refractivity contribution >= 4 is 5.91 Å². The van der Waals surface area contributed by atoms with Gasteiger partial charge in [0.2, 0.25) is 0 Å². The molecule has 1 aromatic heterocycles. The van der Waals surface area contributed by atoms with Crippen molar-refractivity contribution in [2.75, 3.05) is 6.54 Å². The minimum atomic E-state index is -0.143. The Morgan fingerprint density at radius 2 is 1.91 bits per heavy atom. The van der Waals surface area contributed by atoms with E-state index in [0.717, 1.165) is 32.2 Å². The van der Waals surface area contributed by atoms with E-state index in [9.17, 15) is 9.59 Å². The van der Waals surface area contributed by atoms with Gasteiger partial charge in [-0.1, -0.05) is 36.4 Å². The van der Waals surface area contributed by atoms with Gasteiger partial charge in [0.05, 0.1) is 0 Å². The van der Waals surface area contributed by atoms with Crippen LogP contribution in [0.15, 0.2) is 53.3 Å². The molecule has 0 saturated carbocycles. The van der Waals surface area contributed by atoms with E-state index in [1.807, 2.05) is 23.1 Å². The van der Waals surface area contributed by atoms with Gasteiger partial charge in [-0.3, -0.25) is 9.59 Å². The summed E-state index contributed by atoms with van der Waals surface area (Å²) in [5, 5.41) is 0. The Hall–Kier alpha value is -2.36. The van der Waals surface area contributed by atoms with Crippen LogP contribution in [0, 0.1) is 0 Å². The molecular weight excluding hydrogens is 288 g/mol. The van der Waals surface area contributed by atoms with Crippen LogP contribution in [0.4, 0.5) is 0 Å². The number of rotatable bonds is 4. The fourth-order valence-electron chi connectivity index (χ4n) is 3.31. The number of hydrogen-bond acceptors (Lipinski definition) is 2. The smallest absolute Gasteiger partial charge is 0.270 e. The van der Waals surface area contributed by atoms with Gasteiger partial charge in [-0.05, 0) is 37.3 Å². The highest BCUT2D eigenvalue weighted by atomic mass is 16.2. The highest BCUT2D eigenvalue weighted by Crippen LogP contribution is 2.23. The van der Waals surface area contributed by atoms with Crippen molar-refractivity contribution < 1.29 is 4.79 Å². The normalized spacial score (nSPS) is 17.4. The molecule has 0 radical (unpaired) electrons. The van der Waals surface area contributed by atoms with Gasteiger partial charge in [0, 0.05) is 25.7 Å². The van der Waals surface area contributed by atoms with Crippen LogP contribution in [0.3, 0.4) is 0 Å². The molecule has 23 heavy (non-hydrogen) atoms. The number of carbonyl (C=O) groups is 1. The van der Waals surface area contributed by atoms with Crippen molar-refractivity contribution in [1.82, 2.24) is 9.47 Å². The molecule has 1 saturated heterocycles. The standard InChI is InChI=1S/C19H22N2O2/c1-20-17(10-5-11-18(20)22)19(23)21-14-6-9-16(21)13-12-15-7-3-2-4-8-15/h2-5,7-8,10-11,16H,6,9,12-14H2,1H3. The molecule has 0 bridgehead atoms. The van der Waals surface area contributed by atoms with Gasteiger partial charge in [-0.25, -0.2) is 0 Å². The lowest BCUT2D eigenvalue weighted by atomic mass is 10.0. The molecule has 0 N–H and O–H groups in total. The Morgan fingerprint density at radius 3 is 2.70 bits per heavy atom. The number of aromatic nitrogens is 1. The van der Waals surface area contributed by atoms with E-state index < -0.39 is 0 Å². The van der Waals surface area contributed by atoms with Crippen LogP contribution in [0.2, 0.25) is 0 Å². The summed E-state index contributed by atoms with van der Waals surface area (Å²) in [7, 11) is 1.66. The zero-order chi connectivity index (χ0) is 16.2. The molecule has 2 aromatic rings. The quantitative estimate of drug-likeness (QED) is 0.871. The summed E-state index contributed by atoms with van der Waals surface area (Å²) in [5.74, 6) is -0.0271. The molecule has 1 unspecified atom stereocenters. The van der Waals surface area contributed by atoms with Crippen molar-refractivity contribution in [3.8, 4) is 0 Å². The molecule has 4 nitrogen and oxygen atoms in total. The molecule has 0 aliphatic carbocycles. The Kier molecular flexibility index (Phi) is 4.60. The van der Waals surface area contributed by atoms with Gasteiger partial charge in [0.15, 0.2) is 0 Å². The third kappa shape index (κ3) is 3.36. The fraction of sp³-hybridized carbons (Fsp3) is 0.368. The first-order valence-electron chi connectivity index (χ1n) is 8.18. The zero-order valence-corrected chi connectivity index (χ0v) is 13.4. The van der Waals surface area contributed by atoms with Gasteiger partial charge in [0.25, 0.3) is 11.5 Å². The predicted molar refractivity (Wildman–Crippen MR) is 90.5 cm³/mol. The number of carbonyl (C=O) groups excluding carboxylic acids is 1. The molecule has 120 valence electrons. The minimum absolute atomic E-state index is 0.0271. The van der Waals surface area contributed by atoms with Gasteiger partial charge < -0.3 is 9.47 Å². The summed E-state index contributed by atoms with van der Waals surface area (Å²) in [6, 6.07) is 15.5. The molecule has 1 amide bonds. The monoisotopic (exact) mass is 310 g/mol. The molecule has 3 rings (SSSR count). The Balaban J connectivity index is 1.72. The van der Waals surface area contributed by atoms with Crippen LogP contribution in [-0.4, -0.2) is 28.0 Å². The topological polar surface area (TPSA) is 42.3 Å². The van der Waals surface area contributed by atoms with Gasteiger partial charge in [-0.15, -0.1) is 0 Å². The number of benzene rings is 1. The highest BCUT2D eigenvalue weighted by molar-refractivity contribution is 5.93. The van der Waals surface area contributed by atoms with Crippen LogP contribution >= 0.6 is 0 Å². The summed E-state index contributed by atoms with van der Waals surface area (Å²) in [5.41, 5.74) is 1.64. The summed E-state index contributed by atoms with van der Waals surface area (Å²) in [6.07, 6.45) is 4.02. The lowest BCUT2D eigenvalue weighted by Gasteiger charge is -2.25. The lowest BCUT2D eigenvalue weighted by molar-refractivity contribution is 0.0719. The highest BCUT2D eigenvalue weighted by Gasteiger charge is 2.30. The van der Waals surface area contributed by atoms with Gasteiger partial charge >= 0.3 is 0 Å². The molecule has 1 atom stereocenters. The Labute approximate surface area is 136 Å². The summed E-state index contributed by atoms with van der Waals surface area (Å²) < 4.78 is 1.44. The average molecular weight is 310 g/mol. The minimum Gasteiger partial charge on any atom is -0.334 e. The average Bonchev–Trinajstić information content (AvgIpc) is 3.04. The number of likely N-dealkylation sites (tertiary alicyclic amines) is 1. The first-order chi connectivity index (χ1) is 11.2. The number of aryl methyl sites for hydroxylation is 1. The van der Waals surface area contributed by atoms with E-state index in [1.54, 1.807) is 19.2 Å². The third-order valence-corrected chi connectivity index (χ3v) is 4.65. The molecule has 1 aromatic carbocycles. The predicted octanol–water partition coefficient (Wildman–Crippen LogP) is 2.62. The van der Waals surface area contributed by atoms with Gasteiger partial charge in [-0.2, -0.15) is 0 Å². The summed E-state index contributed by atoms with van der Waals surface area (Å²) >= 11 is 0. The van der Waals surface area contributed by atoms with E-state index in [4.69, 9.17) is 0 Å². The number of pyridine rings is 1. The molecule has 2 heterocycles. The second kappa shape index (κ2) is 6.82. The van der Waals surface area contributed by atoms with Crippen molar-refractivity contribution in [1.29, 1.82) is 0 Å². The number of amides is 1. The first kappa shape index (κ1) is 15.5. The summed E-state index contributed by atoms with van der Waals surface area (Å²) in [6.45, 7) is 0.779. The number of nitrogens with zero attached hydrogens (tertiary/aromatic N) is 2. The Bertz CT molecular complexity index is 737. The molecular formula is C19H22N2O2. The van der Waals surface area contributed by atoms with Crippen molar-refractivity contribution in [3.05, 3.63) is 70.1 Å². The van der Waals surface area contributed by atoms with Crippen LogP contribution in [0.25, 0.3) is 0 Å². The number of hydrogen-bond donors (Lipinski definition) is 0. The van der Waals surface area contributed by atoms with Crippen LogP contribution in [0.5, 0.6) is 0 Å². The Morgan fingerprint density at radius 1 is 1.13 bits per heavy atom. The molecule has 4 heteroatoms. The SMILES string of the molecule is Cn1c(C(=O)N2CCCC2CCc2ccccc2)cccc1=O. The molecule has 1 fully saturated rings. The van der Waals surface area contributed by atoms with Crippen LogP contribution < -0.4 is 5.56 Å². The van der Waals surface area contributed by atoms with Crippen molar-refractivity contribution in [2.24, 2.45) is 7.05 Å². The van der Waals surface area contributed by atoms with Crippen molar-refractivity contribution in [3.63, 3.8) is 0 Å². The van der Waals surface area contributed by atoms with Crippen LogP contribution in [-0.2, 0) is 13.5 Å². The lowest BCUT2D eigenvalue weighted by Crippen LogP contribution is -2.38. The van der Waals surface area contributed by atoms with E-state index in [2.05, 4.69) is 12.1 Å². The maximum absolute atomic E-state index is 12.8. The fourth-order valence-corrected chi connectivity index (χ4v) is 3.31. The van der Waals surface area contributed by atoms with Crippen LogP contribution in [0.1, 0.15) is 35.3 Å². The zero-order valence-electron chi connectivity index (χ0n) is 13.4. The maximum atomic E-state index is 12.8. The second-order valence-corrected chi connectivity index (χ2v) is 6.13. The maximum Gasteiger partial charge on any atom is 0.270 e. The molecule has 1 aliphatic rings. The second-order valence-electron chi connectivity index (χ2n) is 6.13. The first-order valence-corrected chi connectivity index (χ1v) is 8.18. The van der Waals surface area contributed by atoms with Crippen molar-refractivity contribution in [2.45, 2.75) is 31.7 Å². The van der Waals surface area contributed by atoms with E-state index in [0.29, 0.717) is 5.69 Å². The molecule has 0 spiro atoms. The molecule has 1 aliphatic heterocycles. The van der Waals surface area contributed by atoms with E-state index >= 15 is 0 Å². The van der Waals surface area contributed by atoms with E-state index in [1.165, 1.54) is 16.2 Å². The summed E-state index contributed by atoms with van der Waals surface area (Å²) in [4.78, 5) is 26.5. The van der Waals surface area contributed by atoms with Gasteiger partial charge in [0.1, 0.15) is 5.69 Å². The van der Waals surface area contributed by atoms with E-state index in [-0.39, 0.29) is 17.5 Å².